The van der Waals surface area contributed by atoms with Gasteiger partial charge in [-0.05, 0) is 43.0 Å². The molecule has 2 aromatic carbocycles. The first kappa shape index (κ1) is 20.8. The minimum absolute atomic E-state index is 0.0951. The van der Waals surface area contributed by atoms with Crippen molar-refractivity contribution in [2.24, 2.45) is 0 Å². The van der Waals surface area contributed by atoms with E-state index < -0.39 is 5.82 Å². The molecular weight excluding hydrogens is 407 g/mol. The summed E-state index contributed by atoms with van der Waals surface area (Å²) in [6, 6.07) is 12.7. The summed E-state index contributed by atoms with van der Waals surface area (Å²) in [6.45, 7) is 1.25. The van der Waals surface area contributed by atoms with Gasteiger partial charge in [0, 0.05) is 37.0 Å². The van der Waals surface area contributed by atoms with Crippen LogP contribution in [0.5, 0.6) is 0 Å². The molecule has 2 aliphatic rings. The van der Waals surface area contributed by atoms with Gasteiger partial charge >= 0.3 is 0 Å². The van der Waals surface area contributed by atoms with Gasteiger partial charge < -0.3 is 10.2 Å². The maximum Gasteiger partial charge on any atom is 0.272 e. The van der Waals surface area contributed by atoms with Crippen LogP contribution in [-0.2, 0) is 6.42 Å². The number of aromatic amines is 1. The lowest BCUT2D eigenvalue weighted by atomic mass is 10.0. The Balaban J connectivity index is 1.34. The highest BCUT2D eigenvalue weighted by molar-refractivity contribution is 5.95. The van der Waals surface area contributed by atoms with E-state index in [-0.39, 0.29) is 23.1 Å². The molecule has 1 atom stereocenters. The van der Waals surface area contributed by atoms with Gasteiger partial charge in [0.25, 0.3) is 11.5 Å². The molecule has 32 heavy (non-hydrogen) atoms. The van der Waals surface area contributed by atoms with E-state index in [1.165, 1.54) is 31.7 Å². The number of hydrogen-bond donors (Lipinski definition) is 2. The van der Waals surface area contributed by atoms with Crippen LogP contribution in [-0.4, -0.2) is 46.2 Å². The molecule has 1 aliphatic carbocycles. The number of nitrogens with one attached hydrogen (secondary N) is 2. The predicted molar refractivity (Wildman–Crippen MR) is 121 cm³/mol. The van der Waals surface area contributed by atoms with Crippen molar-refractivity contribution in [3.05, 3.63) is 75.5 Å². The van der Waals surface area contributed by atoms with Crippen LogP contribution in [0.25, 0.3) is 10.8 Å². The standard InChI is InChI=1S/C25H27FN4O2/c26-22-10-9-16(14-23-19-7-3-4-8-20(19)24(31)29-28-23)13-21(22)25(32)30-12-11-18(15-30)27-17-5-1-2-6-17/h3-4,7-10,13,17-18,27H,1-2,5-6,11-12,14-15H2,(H,29,31)/t18-/m1/s1. The van der Waals surface area contributed by atoms with E-state index in [1.807, 2.05) is 12.1 Å². The van der Waals surface area contributed by atoms with Gasteiger partial charge in [0.2, 0.25) is 0 Å². The fraction of sp³-hybridized carbons (Fsp3) is 0.400. The molecule has 2 N–H and O–H groups in total. The highest BCUT2D eigenvalue weighted by atomic mass is 19.1. The maximum absolute atomic E-state index is 14.6. The second-order valence-electron chi connectivity index (χ2n) is 8.92. The second kappa shape index (κ2) is 8.82. The maximum atomic E-state index is 14.6. The molecule has 0 radical (unpaired) electrons. The molecule has 5 rings (SSSR count). The van der Waals surface area contributed by atoms with Gasteiger partial charge in [0.05, 0.1) is 16.6 Å². The Kier molecular flexibility index (Phi) is 5.74. The smallest absolute Gasteiger partial charge is 0.272 e. The molecule has 0 bridgehead atoms. The van der Waals surface area contributed by atoms with Crippen LogP contribution >= 0.6 is 0 Å². The van der Waals surface area contributed by atoms with Crippen molar-refractivity contribution in [2.45, 2.75) is 50.6 Å². The normalized spacial score (nSPS) is 19.2. The van der Waals surface area contributed by atoms with Crippen LogP contribution in [0.15, 0.2) is 47.3 Å². The predicted octanol–water partition coefficient (Wildman–Crippen LogP) is 3.40. The van der Waals surface area contributed by atoms with Gasteiger partial charge in [-0.25, -0.2) is 9.49 Å². The van der Waals surface area contributed by atoms with Crippen LogP contribution in [0.4, 0.5) is 4.39 Å². The third-order valence-corrected chi connectivity index (χ3v) is 6.71. The summed E-state index contributed by atoms with van der Waals surface area (Å²) < 4.78 is 14.6. The van der Waals surface area contributed by atoms with Crippen LogP contribution in [0.3, 0.4) is 0 Å². The van der Waals surface area contributed by atoms with E-state index in [4.69, 9.17) is 0 Å². The highest BCUT2D eigenvalue weighted by Crippen LogP contribution is 2.23. The molecule has 1 saturated carbocycles. The number of aromatic nitrogens is 2. The number of amides is 1. The van der Waals surface area contributed by atoms with E-state index in [1.54, 1.807) is 29.2 Å². The first-order valence-corrected chi connectivity index (χ1v) is 11.4. The molecule has 1 aliphatic heterocycles. The van der Waals surface area contributed by atoms with Gasteiger partial charge in [-0.1, -0.05) is 37.1 Å². The fourth-order valence-electron chi connectivity index (χ4n) is 5.02. The SMILES string of the molecule is O=C(c1cc(Cc2n[nH]c(=O)c3ccccc23)ccc1F)N1CC[C@@H](NC2CCCC2)C1. The number of nitrogens with zero attached hydrogens (tertiary/aromatic N) is 2. The van der Waals surface area contributed by atoms with Crippen LogP contribution in [0.2, 0.25) is 0 Å². The minimum Gasteiger partial charge on any atom is -0.337 e. The number of benzene rings is 2. The first-order valence-electron chi connectivity index (χ1n) is 11.4. The Morgan fingerprint density at radius 3 is 2.69 bits per heavy atom. The number of H-pyrrole nitrogens is 1. The summed E-state index contributed by atoms with van der Waals surface area (Å²) in [4.78, 5) is 26.9. The molecule has 0 spiro atoms. The highest BCUT2D eigenvalue weighted by Gasteiger charge is 2.30. The molecule has 1 saturated heterocycles. The Bertz CT molecular complexity index is 1200. The lowest BCUT2D eigenvalue weighted by molar-refractivity contribution is 0.0784. The van der Waals surface area contributed by atoms with E-state index in [2.05, 4.69) is 15.5 Å². The number of carbonyl (C=O) groups excluding carboxylic acids is 1. The third kappa shape index (κ3) is 4.17. The van der Waals surface area contributed by atoms with Crippen molar-refractivity contribution in [3.8, 4) is 0 Å². The van der Waals surface area contributed by atoms with Crippen molar-refractivity contribution < 1.29 is 9.18 Å². The number of hydrogen-bond acceptors (Lipinski definition) is 4. The molecule has 2 heterocycles. The summed E-state index contributed by atoms with van der Waals surface area (Å²) in [7, 11) is 0. The fourth-order valence-corrected chi connectivity index (χ4v) is 5.02. The Morgan fingerprint density at radius 2 is 1.88 bits per heavy atom. The number of likely N-dealkylation sites (tertiary alicyclic amines) is 1. The second-order valence-corrected chi connectivity index (χ2v) is 8.92. The third-order valence-electron chi connectivity index (χ3n) is 6.71. The quantitative estimate of drug-likeness (QED) is 0.645. The van der Waals surface area contributed by atoms with Crippen molar-refractivity contribution in [1.82, 2.24) is 20.4 Å². The first-order chi connectivity index (χ1) is 15.6. The van der Waals surface area contributed by atoms with Gasteiger partial charge in [-0.15, -0.1) is 0 Å². The number of halogens is 1. The van der Waals surface area contributed by atoms with E-state index >= 15 is 0 Å². The molecule has 3 aromatic rings. The average Bonchev–Trinajstić information content (AvgIpc) is 3.49. The lowest BCUT2D eigenvalue weighted by Crippen LogP contribution is -2.39. The van der Waals surface area contributed by atoms with Crippen molar-refractivity contribution in [2.75, 3.05) is 13.1 Å². The monoisotopic (exact) mass is 434 g/mol. The molecule has 6 nitrogen and oxygen atoms in total. The van der Waals surface area contributed by atoms with Crippen molar-refractivity contribution >= 4 is 16.7 Å². The summed E-state index contributed by atoms with van der Waals surface area (Å²) >= 11 is 0. The largest absolute Gasteiger partial charge is 0.337 e. The van der Waals surface area contributed by atoms with Gasteiger partial charge in [0.15, 0.2) is 0 Å². The topological polar surface area (TPSA) is 78.1 Å². The Hall–Kier alpha value is -3.06. The van der Waals surface area contributed by atoms with Gasteiger partial charge in [-0.3, -0.25) is 9.59 Å². The molecule has 0 unspecified atom stereocenters. The Morgan fingerprint density at radius 1 is 1.09 bits per heavy atom. The number of fused-ring (bicyclic) bond motifs is 1. The summed E-state index contributed by atoms with van der Waals surface area (Å²) in [5.41, 5.74) is 1.32. The zero-order valence-corrected chi connectivity index (χ0v) is 17.9. The van der Waals surface area contributed by atoms with Gasteiger partial charge in [-0.2, -0.15) is 5.10 Å². The summed E-state index contributed by atoms with van der Waals surface area (Å²) in [6.07, 6.45) is 6.23. The molecule has 166 valence electrons. The van der Waals surface area contributed by atoms with E-state index in [9.17, 15) is 14.0 Å². The summed E-state index contributed by atoms with van der Waals surface area (Å²) in [5, 5.41) is 11.7. The van der Waals surface area contributed by atoms with E-state index in [0.717, 1.165) is 17.4 Å². The molecule has 7 heteroatoms. The lowest BCUT2D eigenvalue weighted by Gasteiger charge is -2.20. The number of rotatable bonds is 5. The van der Waals surface area contributed by atoms with Crippen LogP contribution < -0.4 is 10.9 Å². The van der Waals surface area contributed by atoms with Crippen LogP contribution in [0, 0.1) is 5.82 Å². The molecular formula is C25H27FN4O2. The summed E-state index contributed by atoms with van der Waals surface area (Å²) in [5.74, 6) is -0.774. The Labute approximate surface area is 185 Å². The number of carbonyl (C=O) groups is 1. The van der Waals surface area contributed by atoms with Crippen molar-refractivity contribution in [3.63, 3.8) is 0 Å². The van der Waals surface area contributed by atoms with Crippen molar-refractivity contribution in [1.29, 1.82) is 0 Å². The van der Waals surface area contributed by atoms with Crippen LogP contribution in [0.1, 0.15) is 53.7 Å². The zero-order chi connectivity index (χ0) is 22.1. The van der Waals surface area contributed by atoms with E-state index in [0.29, 0.717) is 36.6 Å². The molecule has 2 fully saturated rings. The van der Waals surface area contributed by atoms with Gasteiger partial charge in [0.1, 0.15) is 5.82 Å². The average molecular weight is 435 g/mol. The minimum atomic E-state index is -0.509. The molecule has 1 aromatic heterocycles. The zero-order valence-electron chi connectivity index (χ0n) is 17.9. The molecule has 1 amide bonds.